The second kappa shape index (κ2) is 6.28. The molecule has 0 bridgehead atoms. The van der Waals surface area contributed by atoms with E-state index in [0.717, 1.165) is 21.9 Å². The molecule has 0 aliphatic heterocycles. The van der Waals surface area contributed by atoms with Crippen LogP contribution in [0.3, 0.4) is 0 Å². The summed E-state index contributed by atoms with van der Waals surface area (Å²) in [5, 5.41) is 6.39. The molecular weight excluding hydrogens is 282 g/mol. The zero-order valence-electron chi connectivity index (χ0n) is 12.9. The molecule has 4 nitrogen and oxygen atoms in total. The van der Waals surface area contributed by atoms with Crippen molar-refractivity contribution in [3.63, 3.8) is 0 Å². The first-order chi connectivity index (χ1) is 10.1. The van der Waals surface area contributed by atoms with Crippen LogP contribution in [0.1, 0.15) is 39.7 Å². The summed E-state index contributed by atoms with van der Waals surface area (Å²) in [7, 11) is 0. The van der Waals surface area contributed by atoms with Gasteiger partial charge in [0.2, 0.25) is 0 Å². The largest absolute Gasteiger partial charge is 0.492 e. The van der Waals surface area contributed by atoms with E-state index in [1.54, 1.807) is 0 Å². The summed E-state index contributed by atoms with van der Waals surface area (Å²) in [6, 6.07) is 6.92. The minimum atomic E-state index is 0.352. The van der Waals surface area contributed by atoms with Gasteiger partial charge in [-0.15, -0.1) is 0 Å². The van der Waals surface area contributed by atoms with Gasteiger partial charge >= 0.3 is 0 Å². The molecule has 1 aliphatic rings. The third kappa shape index (κ3) is 3.71. The van der Waals surface area contributed by atoms with Crippen molar-refractivity contribution in [2.24, 2.45) is 0 Å². The van der Waals surface area contributed by atoms with Gasteiger partial charge in [-0.1, -0.05) is 11.9 Å². The van der Waals surface area contributed by atoms with Gasteiger partial charge in [0, 0.05) is 22.7 Å². The highest BCUT2D eigenvalue weighted by molar-refractivity contribution is 7.98. The molecule has 1 atom stereocenters. The molecule has 5 heteroatoms. The van der Waals surface area contributed by atoms with E-state index in [0.29, 0.717) is 18.7 Å². The van der Waals surface area contributed by atoms with Crippen molar-refractivity contribution in [3.05, 3.63) is 24.4 Å². The van der Waals surface area contributed by atoms with Crippen LogP contribution in [0.5, 0.6) is 5.75 Å². The highest BCUT2D eigenvalue weighted by atomic mass is 32.2. The third-order valence-corrected chi connectivity index (χ3v) is 4.86. The van der Waals surface area contributed by atoms with Gasteiger partial charge in [-0.05, 0) is 51.8 Å². The van der Waals surface area contributed by atoms with Gasteiger partial charge in [0.05, 0.1) is 11.7 Å². The van der Waals surface area contributed by atoms with Crippen molar-refractivity contribution >= 4 is 22.9 Å². The predicted octanol–water partition coefficient (Wildman–Crippen LogP) is 3.78. The van der Waals surface area contributed by atoms with Gasteiger partial charge < -0.3 is 4.74 Å². The summed E-state index contributed by atoms with van der Waals surface area (Å²) in [4.78, 5) is 0. The van der Waals surface area contributed by atoms with E-state index < -0.39 is 0 Å². The number of hydrogen-bond acceptors (Lipinski definition) is 4. The number of nitrogens with zero attached hydrogens (tertiary/aromatic N) is 2. The van der Waals surface area contributed by atoms with Gasteiger partial charge in [-0.3, -0.25) is 9.40 Å². The van der Waals surface area contributed by atoms with E-state index in [2.05, 4.69) is 42.7 Å². The standard InChI is InChI=1S/C16H23N3OS/c1-11(2)19-16-7-4-14(8-13(16)9-17-19)20-10-12(3)18-21-15-5-6-15/h4,7-9,11-12,15,18H,5-6,10H2,1-3H3. The smallest absolute Gasteiger partial charge is 0.120 e. The first kappa shape index (κ1) is 14.7. The summed E-state index contributed by atoms with van der Waals surface area (Å²) >= 11 is 1.85. The van der Waals surface area contributed by atoms with Crippen molar-refractivity contribution in [2.45, 2.75) is 50.9 Å². The lowest BCUT2D eigenvalue weighted by Gasteiger charge is -2.14. The lowest BCUT2D eigenvalue weighted by molar-refractivity contribution is 0.290. The maximum atomic E-state index is 5.89. The SMILES string of the molecule is CC(COc1ccc2c(cnn2C(C)C)c1)NSC1CC1. The minimum Gasteiger partial charge on any atom is -0.492 e. The average Bonchev–Trinajstić information content (AvgIpc) is 3.20. The third-order valence-electron chi connectivity index (χ3n) is 3.52. The Morgan fingerprint density at radius 2 is 2.19 bits per heavy atom. The van der Waals surface area contributed by atoms with Crippen LogP contribution in [0, 0.1) is 0 Å². The summed E-state index contributed by atoms with van der Waals surface area (Å²) in [5.41, 5.74) is 1.16. The molecule has 1 unspecified atom stereocenters. The zero-order chi connectivity index (χ0) is 14.8. The monoisotopic (exact) mass is 305 g/mol. The van der Waals surface area contributed by atoms with Crippen molar-refractivity contribution < 1.29 is 4.74 Å². The Morgan fingerprint density at radius 1 is 1.38 bits per heavy atom. The molecule has 1 saturated carbocycles. The molecule has 1 aromatic carbocycles. The fourth-order valence-corrected chi connectivity index (χ4v) is 3.05. The molecule has 1 aromatic heterocycles. The van der Waals surface area contributed by atoms with E-state index in [1.165, 1.54) is 12.8 Å². The summed E-state index contributed by atoms with van der Waals surface area (Å²) in [5.74, 6) is 0.913. The van der Waals surface area contributed by atoms with Crippen LogP contribution in [-0.2, 0) is 0 Å². The van der Waals surface area contributed by atoms with Gasteiger partial charge in [-0.2, -0.15) is 5.10 Å². The molecule has 0 radical (unpaired) electrons. The van der Waals surface area contributed by atoms with Crippen molar-refractivity contribution in [3.8, 4) is 5.75 Å². The first-order valence-electron chi connectivity index (χ1n) is 7.64. The van der Waals surface area contributed by atoms with E-state index in [1.807, 2.05) is 28.9 Å². The number of aromatic nitrogens is 2. The fourth-order valence-electron chi connectivity index (χ4n) is 2.19. The van der Waals surface area contributed by atoms with Gasteiger partial charge in [0.25, 0.3) is 0 Å². The maximum absolute atomic E-state index is 5.89. The molecule has 114 valence electrons. The second-order valence-corrected chi connectivity index (χ2v) is 7.19. The van der Waals surface area contributed by atoms with Crippen molar-refractivity contribution in [1.82, 2.24) is 14.5 Å². The Labute approximate surface area is 130 Å². The normalized spacial score (nSPS) is 16.6. The Balaban J connectivity index is 1.59. The molecule has 0 amide bonds. The average molecular weight is 305 g/mol. The Hall–Kier alpha value is -1.20. The zero-order valence-corrected chi connectivity index (χ0v) is 13.7. The maximum Gasteiger partial charge on any atom is 0.120 e. The molecule has 1 aliphatic carbocycles. The van der Waals surface area contributed by atoms with E-state index in [-0.39, 0.29) is 0 Å². The highest BCUT2D eigenvalue weighted by Gasteiger charge is 2.22. The quantitative estimate of drug-likeness (QED) is 0.790. The molecule has 3 rings (SSSR count). The van der Waals surface area contributed by atoms with E-state index >= 15 is 0 Å². The number of rotatable bonds is 7. The Morgan fingerprint density at radius 3 is 2.90 bits per heavy atom. The molecule has 1 fully saturated rings. The number of nitrogens with one attached hydrogen (secondary N) is 1. The van der Waals surface area contributed by atoms with E-state index in [4.69, 9.17) is 4.74 Å². The van der Waals surface area contributed by atoms with Crippen molar-refractivity contribution in [2.75, 3.05) is 6.61 Å². The lowest BCUT2D eigenvalue weighted by Crippen LogP contribution is -2.27. The molecule has 21 heavy (non-hydrogen) atoms. The van der Waals surface area contributed by atoms with Crippen LogP contribution in [0.2, 0.25) is 0 Å². The second-order valence-electron chi connectivity index (χ2n) is 6.05. The van der Waals surface area contributed by atoms with Gasteiger partial charge in [0.15, 0.2) is 0 Å². The van der Waals surface area contributed by atoms with Crippen LogP contribution in [0.25, 0.3) is 10.9 Å². The molecule has 1 heterocycles. The number of hydrogen-bond donors (Lipinski definition) is 1. The summed E-state index contributed by atoms with van der Waals surface area (Å²) in [6.07, 6.45) is 4.61. The molecule has 0 saturated heterocycles. The summed E-state index contributed by atoms with van der Waals surface area (Å²) < 4.78 is 11.4. The van der Waals surface area contributed by atoms with Crippen molar-refractivity contribution in [1.29, 1.82) is 0 Å². The highest BCUT2D eigenvalue weighted by Crippen LogP contribution is 2.32. The topological polar surface area (TPSA) is 39.1 Å². The minimum absolute atomic E-state index is 0.352. The molecule has 1 N–H and O–H groups in total. The Kier molecular flexibility index (Phi) is 4.40. The van der Waals surface area contributed by atoms with Crippen LogP contribution >= 0.6 is 11.9 Å². The van der Waals surface area contributed by atoms with Crippen LogP contribution < -0.4 is 9.46 Å². The lowest BCUT2D eigenvalue weighted by atomic mass is 10.2. The molecular formula is C16H23N3OS. The number of benzene rings is 1. The Bertz CT molecular complexity index is 607. The predicted molar refractivity (Wildman–Crippen MR) is 88.8 cm³/mol. The first-order valence-corrected chi connectivity index (χ1v) is 8.52. The van der Waals surface area contributed by atoms with Crippen LogP contribution in [-0.4, -0.2) is 27.7 Å². The molecule has 2 aromatic rings. The van der Waals surface area contributed by atoms with Crippen LogP contribution in [0.4, 0.5) is 0 Å². The van der Waals surface area contributed by atoms with Crippen LogP contribution in [0.15, 0.2) is 24.4 Å². The van der Waals surface area contributed by atoms with Gasteiger partial charge in [-0.25, -0.2) is 0 Å². The number of fused-ring (bicyclic) bond motifs is 1. The summed E-state index contributed by atoms with van der Waals surface area (Å²) in [6.45, 7) is 7.12. The molecule has 0 spiro atoms. The fraction of sp³-hybridized carbons (Fsp3) is 0.562. The van der Waals surface area contributed by atoms with E-state index in [9.17, 15) is 0 Å². The number of ether oxygens (including phenoxy) is 1. The van der Waals surface area contributed by atoms with Gasteiger partial charge in [0.1, 0.15) is 12.4 Å².